The van der Waals surface area contributed by atoms with Crippen LogP contribution in [-0.2, 0) is 17.1 Å². The van der Waals surface area contributed by atoms with Gasteiger partial charge in [-0.2, -0.15) is 26.3 Å². The van der Waals surface area contributed by atoms with E-state index in [2.05, 4.69) is 25.3 Å². The Morgan fingerprint density at radius 3 is 1.39 bits per heavy atom. The summed E-state index contributed by atoms with van der Waals surface area (Å²) < 4.78 is 155. The zero-order valence-corrected chi connectivity index (χ0v) is 39.2. The van der Waals surface area contributed by atoms with Crippen LogP contribution < -0.4 is 20.5 Å². The number of hydrogen-bond acceptors (Lipinski definition) is 9. The van der Waals surface area contributed by atoms with Crippen LogP contribution in [0, 0.1) is 35.1 Å². The van der Waals surface area contributed by atoms with Gasteiger partial charge >= 0.3 is 18.4 Å². The topological polar surface area (TPSA) is 134 Å². The van der Waals surface area contributed by atoms with Gasteiger partial charge < -0.3 is 25.3 Å². The molecule has 372 valence electrons. The number of fused-ring (bicyclic) bond motifs is 2. The predicted octanol–water partition coefficient (Wildman–Crippen LogP) is 13.0. The SMILES string of the molecule is CC(C)C[C@@](C)(COc1ccc(-c2ncnc3cc(F)c(F)cc23)cc1C(F)(F)F)NC(=O)OC(C)(C)C.CC(C)C[C@](C)(N)COc1ccc(-c2ncnc3cc(F)c(F)cc23)cc1C(F)(F)F. The van der Waals surface area contributed by atoms with E-state index in [1.165, 1.54) is 18.2 Å². The van der Waals surface area contributed by atoms with Crippen molar-refractivity contribution < 1.29 is 62.9 Å². The van der Waals surface area contributed by atoms with E-state index in [4.69, 9.17) is 19.9 Å². The number of nitrogens with one attached hydrogen (secondary N) is 1. The third-order valence-electron chi connectivity index (χ3n) is 10.1. The molecule has 0 fully saturated rings. The van der Waals surface area contributed by atoms with Gasteiger partial charge in [0.2, 0.25) is 0 Å². The molecule has 0 saturated heterocycles. The van der Waals surface area contributed by atoms with Crippen LogP contribution >= 0.6 is 0 Å². The first kappa shape index (κ1) is 53.6. The molecule has 20 heteroatoms. The molecule has 3 N–H and O–H groups in total. The molecule has 0 spiro atoms. The first-order chi connectivity index (χ1) is 31.8. The van der Waals surface area contributed by atoms with Crippen LogP contribution in [0.1, 0.15) is 86.3 Å². The fourth-order valence-electron chi connectivity index (χ4n) is 7.68. The Balaban J connectivity index is 0.000000263. The maximum Gasteiger partial charge on any atom is 0.419 e. The van der Waals surface area contributed by atoms with E-state index >= 15 is 0 Å². The third kappa shape index (κ3) is 14.4. The standard InChI is InChI=1S/C27H30F5N3O3.C22H22F5N3O/c1-15(2)12-26(6,35-24(36)38-25(3,4)5)13-37-22-8-7-16(9-18(22)27(30,31)32)23-17-10-19(28)20(29)11-21(17)33-14-34-23;1-12(2)9-21(3,28)10-31-19-5-4-13(6-15(19)22(25,26)27)20-14-7-16(23)17(24)8-18(14)29-11-30-20/h7-11,14-15H,12-13H2,1-6H3,(H,35,36);4-8,11-12H,9-10,28H2,1-3H3/t26-;21-/m00/s1. The van der Waals surface area contributed by atoms with E-state index in [9.17, 15) is 48.7 Å². The zero-order chi connectivity index (χ0) is 51.4. The first-order valence-corrected chi connectivity index (χ1v) is 21.5. The second kappa shape index (κ2) is 20.7. The molecule has 6 rings (SSSR count). The number of alkyl halides is 6. The number of benzene rings is 4. The predicted molar refractivity (Wildman–Crippen MR) is 240 cm³/mol. The second-order valence-corrected chi connectivity index (χ2v) is 19.0. The monoisotopic (exact) mass is 978 g/mol. The van der Waals surface area contributed by atoms with E-state index in [1.807, 2.05) is 27.7 Å². The molecule has 10 nitrogen and oxygen atoms in total. The fraction of sp³-hybridized carbons (Fsp3) is 0.408. The van der Waals surface area contributed by atoms with Gasteiger partial charge in [0.1, 0.15) is 43.0 Å². The third-order valence-corrected chi connectivity index (χ3v) is 10.1. The smallest absolute Gasteiger partial charge is 0.419 e. The number of carbonyl (C=O) groups excluding carboxylic acids is 1. The molecule has 2 aromatic heterocycles. The quantitative estimate of drug-likeness (QED) is 0.108. The summed E-state index contributed by atoms with van der Waals surface area (Å²) in [6, 6.07) is 10.2. The zero-order valence-electron chi connectivity index (χ0n) is 39.2. The summed E-state index contributed by atoms with van der Waals surface area (Å²) >= 11 is 0. The summed E-state index contributed by atoms with van der Waals surface area (Å²) in [5, 5.41) is 2.87. The number of hydrogen-bond donors (Lipinski definition) is 2. The lowest BCUT2D eigenvalue weighted by Gasteiger charge is -2.33. The van der Waals surface area contributed by atoms with Crippen LogP contribution in [-0.4, -0.2) is 55.9 Å². The maximum atomic E-state index is 14.1. The summed E-state index contributed by atoms with van der Waals surface area (Å²) in [5.41, 5.74) is 1.68. The van der Waals surface area contributed by atoms with Gasteiger partial charge in [0.05, 0.1) is 39.1 Å². The van der Waals surface area contributed by atoms with Gasteiger partial charge in [0.25, 0.3) is 0 Å². The molecule has 6 aromatic rings. The average Bonchev–Trinajstić information content (AvgIpc) is 3.21. The highest BCUT2D eigenvalue weighted by atomic mass is 19.4. The molecular weight excluding hydrogens is 927 g/mol. The first-order valence-electron chi connectivity index (χ1n) is 21.5. The Hall–Kier alpha value is -6.31. The molecule has 0 aliphatic heterocycles. The number of amides is 1. The number of carbonyl (C=O) groups is 1. The van der Waals surface area contributed by atoms with Gasteiger partial charge in [0.15, 0.2) is 23.3 Å². The summed E-state index contributed by atoms with van der Waals surface area (Å²) in [6.07, 6.45) is -7.12. The molecule has 1 amide bonds. The maximum absolute atomic E-state index is 14.1. The number of rotatable bonds is 13. The number of nitrogens with zero attached hydrogens (tertiary/aromatic N) is 4. The number of aromatic nitrogens is 4. The van der Waals surface area contributed by atoms with Crippen molar-refractivity contribution in [3.63, 3.8) is 0 Å². The number of ether oxygens (including phenoxy) is 3. The molecule has 2 atom stereocenters. The van der Waals surface area contributed by atoms with Gasteiger partial charge in [-0.3, -0.25) is 0 Å². The lowest BCUT2D eigenvalue weighted by atomic mass is 9.91. The number of nitrogens with two attached hydrogens (primary N) is 1. The van der Waals surface area contributed by atoms with Crippen molar-refractivity contribution in [2.75, 3.05) is 13.2 Å². The number of alkyl carbamates (subject to hydrolysis) is 1. The van der Waals surface area contributed by atoms with E-state index < -0.39 is 75.3 Å². The van der Waals surface area contributed by atoms with Gasteiger partial charge in [-0.25, -0.2) is 42.3 Å². The fourth-order valence-corrected chi connectivity index (χ4v) is 7.68. The Morgan fingerprint density at radius 1 is 0.594 bits per heavy atom. The van der Waals surface area contributed by atoms with Gasteiger partial charge in [-0.15, -0.1) is 0 Å². The van der Waals surface area contributed by atoms with Crippen LogP contribution in [0.3, 0.4) is 0 Å². The van der Waals surface area contributed by atoms with Crippen molar-refractivity contribution in [1.82, 2.24) is 25.3 Å². The molecule has 0 saturated carbocycles. The van der Waals surface area contributed by atoms with E-state index in [-0.39, 0.29) is 75.1 Å². The van der Waals surface area contributed by atoms with Gasteiger partial charge in [0, 0.05) is 39.6 Å². The van der Waals surface area contributed by atoms with Crippen molar-refractivity contribution in [3.05, 3.63) is 108 Å². The molecule has 2 heterocycles. The molecule has 0 bridgehead atoms. The molecule has 0 aliphatic carbocycles. The molecule has 69 heavy (non-hydrogen) atoms. The van der Waals surface area contributed by atoms with Crippen LogP contribution in [0.15, 0.2) is 73.3 Å². The van der Waals surface area contributed by atoms with Crippen LogP contribution in [0.2, 0.25) is 0 Å². The second-order valence-electron chi connectivity index (χ2n) is 19.0. The van der Waals surface area contributed by atoms with E-state index in [1.54, 1.807) is 34.6 Å². The van der Waals surface area contributed by atoms with Gasteiger partial charge in [-0.1, -0.05) is 27.7 Å². The molecule has 4 aromatic carbocycles. The van der Waals surface area contributed by atoms with Crippen molar-refractivity contribution in [3.8, 4) is 34.0 Å². The Labute approximate surface area is 392 Å². The summed E-state index contributed by atoms with van der Waals surface area (Å²) in [4.78, 5) is 28.2. The lowest BCUT2D eigenvalue weighted by molar-refractivity contribution is -0.139. The highest BCUT2D eigenvalue weighted by Crippen LogP contribution is 2.42. The Bertz CT molecular complexity index is 2790. The Morgan fingerprint density at radius 2 is 1.00 bits per heavy atom. The minimum atomic E-state index is -4.81. The molecule has 0 aliphatic rings. The molecule has 0 unspecified atom stereocenters. The largest absolute Gasteiger partial charge is 0.491 e. The highest BCUT2D eigenvalue weighted by Gasteiger charge is 2.38. The van der Waals surface area contributed by atoms with Crippen molar-refractivity contribution >= 4 is 27.9 Å². The van der Waals surface area contributed by atoms with Crippen molar-refractivity contribution in [2.45, 2.75) is 104 Å². The lowest BCUT2D eigenvalue weighted by Crippen LogP contribution is -2.52. The molecule has 0 radical (unpaired) electrons. The van der Waals surface area contributed by atoms with Crippen molar-refractivity contribution in [2.24, 2.45) is 17.6 Å². The van der Waals surface area contributed by atoms with Crippen LogP contribution in [0.5, 0.6) is 11.5 Å². The van der Waals surface area contributed by atoms with E-state index in [0.29, 0.717) is 12.8 Å². The minimum Gasteiger partial charge on any atom is -0.491 e. The summed E-state index contributed by atoms with van der Waals surface area (Å²) in [5.74, 6) is -5.06. The minimum absolute atomic E-state index is 0.00203. The summed E-state index contributed by atoms with van der Waals surface area (Å²) in [7, 11) is 0. The Kier molecular flexibility index (Phi) is 16.1. The van der Waals surface area contributed by atoms with E-state index in [0.717, 1.165) is 55.1 Å². The van der Waals surface area contributed by atoms with Crippen molar-refractivity contribution in [1.29, 1.82) is 0 Å². The normalized spacial score (nSPS) is 14.0. The van der Waals surface area contributed by atoms with Crippen LogP contribution in [0.25, 0.3) is 44.3 Å². The van der Waals surface area contributed by atoms with Gasteiger partial charge in [-0.05, 0) is 108 Å². The molecular formula is C49H52F10N6O4. The van der Waals surface area contributed by atoms with Crippen LogP contribution in [0.4, 0.5) is 48.7 Å². The average molecular weight is 979 g/mol. The number of halogens is 10. The highest BCUT2D eigenvalue weighted by molar-refractivity contribution is 5.93. The summed E-state index contributed by atoms with van der Waals surface area (Å²) in [6.45, 7) is 15.8.